The molecule has 4 rings (SSSR count). The van der Waals surface area contributed by atoms with E-state index >= 15 is 0 Å². The Morgan fingerprint density at radius 3 is 2.53 bits per heavy atom. The topological polar surface area (TPSA) is 59.8 Å². The van der Waals surface area contributed by atoms with Crippen LogP contribution in [0.2, 0.25) is 0 Å². The third kappa shape index (κ3) is 5.41. The van der Waals surface area contributed by atoms with Crippen molar-refractivity contribution in [3.63, 3.8) is 0 Å². The van der Waals surface area contributed by atoms with Gasteiger partial charge in [-0.25, -0.2) is 0 Å². The van der Waals surface area contributed by atoms with Crippen LogP contribution in [0.4, 0.5) is 0 Å². The zero-order chi connectivity index (χ0) is 22.5. The van der Waals surface area contributed by atoms with Gasteiger partial charge in [0.15, 0.2) is 11.0 Å². The lowest BCUT2D eigenvalue weighted by molar-refractivity contribution is -0.126. The van der Waals surface area contributed by atoms with Gasteiger partial charge in [-0.05, 0) is 51.3 Å². The molecule has 0 spiro atoms. The summed E-state index contributed by atoms with van der Waals surface area (Å²) in [5.41, 5.74) is 4.73. The molecule has 32 heavy (non-hydrogen) atoms. The van der Waals surface area contributed by atoms with E-state index in [4.69, 9.17) is 0 Å². The van der Waals surface area contributed by atoms with Gasteiger partial charge < -0.3 is 5.32 Å². The van der Waals surface area contributed by atoms with Crippen LogP contribution in [-0.2, 0) is 10.5 Å². The first-order valence-electron chi connectivity index (χ1n) is 11.5. The summed E-state index contributed by atoms with van der Waals surface area (Å²) in [7, 11) is 0. The Morgan fingerprint density at radius 2 is 1.81 bits per heavy atom. The number of aryl methyl sites for hydroxylation is 2. The standard InChI is InChI=1S/C26H32N4OS/c1-18-12-14-23(15-13-18)30-24(20(3)27-25(31)22-10-5-4-6-11-22)28-29-26(30)32-17-21-9-7-8-19(2)16-21/h7-9,12-16,20,22H,4-6,10-11,17H2,1-3H3,(H,27,31). The van der Waals surface area contributed by atoms with Crippen molar-refractivity contribution in [1.29, 1.82) is 0 Å². The highest BCUT2D eigenvalue weighted by Crippen LogP contribution is 2.29. The molecule has 0 aliphatic heterocycles. The maximum absolute atomic E-state index is 12.8. The van der Waals surface area contributed by atoms with Crippen LogP contribution in [0.25, 0.3) is 5.69 Å². The van der Waals surface area contributed by atoms with Crippen molar-refractivity contribution in [1.82, 2.24) is 20.1 Å². The molecule has 1 aliphatic carbocycles. The Balaban J connectivity index is 1.58. The average molecular weight is 449 g/mol. The number of amides is 1. The van der Waals surface area contributed by atoms with Gasteiger partial charge in [0.25, 0.3) is 0 Å². The Bertz CT molecular complexity index is 1050. The first-order chi connectivity index (χ1) is 15.5. The van der Waals surface area contributed by atoms with Crippen molar-refractivity contribution in [2.24, 2.45) is 5.92 Å². The van der Waals surface area contributed by atoms with E-state index in [1.807, 2.05) is 6.92 Å². The molecule has 168 valence electrons. The molecule has 1 aliphatic rings. The molecule has 0 bridgehead atoms. The molecule has 1 saturated carbocycles. The summed E-state index contributed by atoms with van der Waals surface area (Å²) >= 11 is 1.67. The monoisotopic (exact) mass is 448 g/mol. The predicted molar refractivity (Wildman–Crippen MR) is 130 cm³/mol. The van der Waals surface area contributed by atoms with E-state index in [0.717, 1.165) is 48.1 Å². The van der Waals surface area contributed by atoms with Crippen LogP contribution in [0.1, 0.15) is 67.6 Å². The first-order valence-corrected chi connectivity index (χ1v) is 12.5. The van der Waals surface area contributed by atoms with Gasteiger partial charge in [0.2, 0.25) is 5.91 Å². The molecule has 5 nitrogen and oxygen atoms in total. The molecule has 1 N–H and O–H groups in total. The molecule has 1 amide bonds. The molecule has 1 atom stereocenters. The van der Waals surface area contributed by atoms with Crippen LogP contribution in [0, 0.1) is 19.8 Å². The minimum Gasteiger partial charge on any atom is -0.346 e. The highest BCUT2D eigenvalue weighted by Gasteiger charge is 2.26. The molecular formula is C26H32N4OS. The second-order valence-electron chi connectivity index (χ2n) is 8.85. The molecule has 6 heteroatoms. The largest absolute Gasteiger partial charge is 0.346 e. The lowest BCUT2D eigenvalue weighted by Gasteiger charge is -2.23. The smallest absolute Gasteiger partial charge is 0.223 e. The Labute approximate surface area is 195 Å². The van der Waals surface area contributed by atoms with Crippen molar-refractivity contribution >= 4 is 17.7 Å². The number of thioether (sulfide) groups is 1. The molecule has 0 radical (unpaired) electrons. The minimum absolute atomic E-state index is 0.122. The van der Waals surface area contributed by atoms with Gasteiger partial charge in [0.05, 0.1) is 6.04 Å². The van der Waals surface area contributed by atoms with Crippen molar-refractivity contribution in [2.45, 2.75) is 69.8 Å². The lowest BCUT2D eigenvalue weighted by atomic mass is 9.88. The average Bonchev–Trinajstić information content (AvgIpc) is 3.23. The van der Waals surface area contributed by atoms with Gasteiger partial charge in [-0.2, -0.15) is 0 Å². The minimum atomic E-state index is -0.216. The van der Waals surface area contributed by atoms with Crippen molar-refractivity contribution < 1.29 is 4.79 Å². The van der Waals surface area contributed by atoms with E-state index in [9.17, 15) is 4.79 Å². The van der Waals surface area contributed by atoms with E-state index in [-0.39, 0.29) is 17.9 Å². The van der Waals surface area contributed by atoms with Gasteiger partial charge in [-0.15, -0.1) is 10.2 Å². The van der Waals surface area contributed by atoms with Crippen molar-refractivity contribution in [3.05, 3.63) is 71.0 Å². The Kier molecular flexibility index (Phi) is 7.30. The predicted octanol–water partition coefficient (Wildman–Crippen LogP) is 5.93. The summed E-state index contributed by atoms with van der Waals surface area (Å²) in [6.07, 6.45) is 5.50. The highest BCUT2D eigenvalue weighted by molar-refractivity contribution is 7.98. The van der Waals surface area contributed by atoms with E-state index < -0.39 is 0 Å². The van der Waals surface area contributed by atoms with E-state index in [2.05, 4.69) is 82.5 Å². The van der Waals surface area contributed by atoms with Crippen LogP contribution in [0.3, 0.4) is 0 Å². The summed E-state index contributed by atoms with van der Waals surface area (Å²) in [6, 6.07) is 16.7. The first kappa shape index (κ1) is 22.6. The SMILES string of the molecule is Cc1ccc(-n2c(SCc3cccc(C)c3)nnc2C(C)NC(=O)C2CCCCC2)cc1. The fourth-order valence-electron chi connectivity index (χ4n) is 4.30. The van der Waals surface area contributed by atoms with Crippen LogP contribution in [-0.4, -0.2) is 20.7 Å². The van der Waals surface area contributed by atoms with E-state index in [1.165, 1.54) is 23.1 Å². The second-order valence-corrected chi connectivity index (χ2v) is 9.80. The molecule has 1 aromatic heterocycles. The van der Waals surface area contributed by atoms with Crippen LogP contribution in [0.5, 0.6) is 0 Å². The van der Waals surface area contributed by atoms with E-state index in [0.29, 0.717) is 0 Å². The summed E-state index contributed by atoms with van der Waals surface area (Å²) in [4.78, 5) is 12.8. The molecule has 1 heterocycles. The number of rotatable bonds is 7. The molecule has 3 aromatic rings. The summed E-state index contributed by atoms with van der Waals surface area (Å²) < 4.78 is 2.09. The maximum atomic E-state index is 12.8. The summed E-state index contributed by atoms with van der Waals surface area (Å²) in [6.45, 7) is 6.19. The van der Waals surface area contributed by atoms with Gasteiger partial charge in [-0.3, -0.25) is 9.36 Å². The third-order valence-electron chi connectivity index (χ3n) is 6.12. The Hall–Kier alpha value is -2.60. The second kappa shape index (κ2) is 10.3. The van der Waals surface area contributed by atoms with E-state index in [1.54, 1.807) is 11.8 Å². The number of carbonyl (C=O) groups excluding carboxylic acids is 1. The third-order valence-corrected chi connectivity index (χ3v) is 7.12. The number of hydrogen-bond acceptors (Lipinski definition) is 4. The quantitative estimate of drug-likeness (QED) is 0.455. The Morgan fingerprint density at radius 1 is 1.06 bits per heavy atom. The van der Waals surface area contributed by atoms with Crippen molar-refractivity contribution in [2.75, 3.05) is 0 Å². The molecule has 0 saturated heterocycles. The maximum Gasteiger partial charge on any atom is 0.223 e. The zero-order valence-corrected chi connectivity index (χ0v) is 20.0. The number of nitrogens with one attached hydrogen (secondary N) is 1. The number of hydrogen-bond donors (Lipinski definition) is 1. The van der Waals surface area contributed by atoms with Crippen molar-refractivity contribution in [3.8, 4) is 5.69 Å². The van der Waals surface area contributed by atoms with Gasteiger partial charge in [-0.1, -0.05) is 78.5 Å². The molecule has 2 aromatic carbocycles. The molecule has 1 unspecified atom stereocenters. The van der Waals surface area contributed by atoms with Gasteiger partial charge in [0.1, 0.15) is 0 Å². The molecular weight excluding hydrogens is 416 g/mol. The van der Waals surface area contributed by atoms with Gasteiger partial charge >= 0.3 is 0 Å². The zero-order valence-electron chi connectivity index (χ0n) is 19.2. The number of benzene rings is 2. The fourth-order valence-corrected chi connectivity index (χ4v) is 5.20. The van der Waals surface area contributed by atoms with Crippen LogP contribution >= 0.6 is 11.8 Å². The van der Waals surface area contributed by atoms with Gasteiger partial charge in [0, 0.05) is 17.4 Å². The highest BCUT2D eigenvalue weighted by atomic mass is 32.2. The number of nitrogens with zero attached hydrogens (tertiary/aromatic N) is 3. The van der Waals surface area contributed by atoms with Crippen LogP contribution < -0.4 is 5.32 Å². The normalized spacial score (nSPS) is 15.5. The summed E-state index contributed by atoms with van der Waals surface area (Å²) in [5.74, 6) is 1.85. The summed E-state index contributed by atoms with van der Waals surface area (Å²) in [5, 5.41) is 13.1. The number of aromatic nitrogens is 3. The molecule has 1 fully saturated rings. The number of carbonyl (C=O) groups is 1. The lowest BCUT2D eigenvalue weighted by Crippen LogP contribution is -2.34. The van der Waals surface area contributed by atoms with Crippen LogP contribution in [0.15, 0.2) is 53.7 Å². The fraction of sp³-hybridized carbons (Fsp3) is 0.423.